The van der Waals surface area contributed by atoms with E-state index in [1.54, 1.807) is 0 Å². The van der Waals surface area contributed by atoms with Crippen LogP contribution < -0.4 is 29.6 Å². The van der Waals surface area contributed by atoms with Crippen molar-refractivity contribution >= 4 is 47.6 Å². The molecule has 0 fully saturated rings. The largest absolute Gasteiger partial charge is 1.00 e. The predicted molar refractivity (Wildman–Crippen MR) is 52.5 cm³/mol. The molecule has 0 aromatic rings. The Morgan fingerprint density at radius 3 is 2.67 bits per heavy atom. The molecule has 12 heavy (non-hydrogen) atoms. The molecule has 7 heteroatoms. The van der Waals surface area contributed by atoms with Crippen molar-refractivity contribution in [3.05, 3.63) is 21.3 Å². The van der Waals surface area contributed by atoms with E-state index in [0.717, 1.165) is 0 Å². The SMILES string of the molecule is FC1=CSS2=C1C(F)=C([S-])S2.[Na+]. The van der Waals surface area contributed by atoms with Gasteiger partial charge in [0.2, 0.25) is 0 Å². The summed E-state index contributed by atoms with van der Waals surface area (Å²) in [6.45, 7) is 0. The standard InChI is InChI=1S/C5H2F2S4.Na/c6-2-1-9-11-4(2)3(7)5(8)10-11;/h1,8H;/q;+1/p-1. The summed E-state index contributed by atoms with van der Waals surface area (Å²) in [6, 6.07) is 0. The third-order valence-corrected chi connectivity index (χ3v) is 7.65. The Balaban J connectivity index is 0.000000720. The van der Waals surface area contributed by atoms with Crippen molar-refractivity contribution in [1.29, 1.82) is 0 Å². The van der Waals surface area contributed by atoms with Crippen LogP contribution in [-0.4, -0.2) is 4.86 Å². The van der Waals surface area contributed by atoms with Crippen LogP contribution in [0.25, 0.3) is 0 Å². The molecule has 2 rings (SSSR count). The Hall–Kier alpha value is 1.48. The molecule has 0 aromatic carbocycles. The Kier molecular flexibility index (Phi) is 4.17. The van der Waals surface area contributed by atoms with Crippen LogP contribution in [0.4, 0.5) is 8.78 Å². The summed E-state index contributed by atoms with van der Waals surface area (Å²) in [5.74, 6) is -0.990. The minimum atomic E-state index is -0.535. The zero-order valence-electron chi connectivity index (χ0n) is 5.97. The van der Waals surface area contributed by atoms with Gasteiger partial charge in [0.25, 0.3) is 0 Å². The summed E-state index contributed by atoms with van der Waals surface area (Å²) >= 11 is 4.68. The second kappa shape index (κ2) is 4.33. The quantitative estimate of drug-likeness (QED) is 0.262. The Labute approximate surface area is 106 Å². The van der Waals surface area contributed by atoms with Gasteiger partial charge in [-0.2, -0.15) is 0 Å². The molecule has 1 unspecified atom stereocenters. The van der Waals surface area contributed by atoms with Gasteiger partial charge in [-0.15, -0.1) is 0 Å². The smallest absolute Gasteiger partial charge is 0.769 e. The van der Waals surface area contributed by atoms with Gasteiger partial charge in [-0.05, 0) is 8.55 Å². The molecule has 0 saturated heterocycles. The van der Waals surface area contributed by atoms with E-state index in [4.69, 9.17) is 0 Å². The predicted octanol–water partition coefficient (Wildman–Crippen LogP) is 0.252. The maximum Gasteiger partial charge on any atom is 1.00 e. The number of hydrogen-bond donors (Lipinski definition) is 0. The number of rotatable bonds is 0. The van der Waals surface area contributed by atoms with E-state index in [-0.39, 0.29) is 38.7 Å². The maximum absolute atomic E-state index is 13.0. The van der Waals surface area contributed by atoms with Crippen LogP contribution in [0.3, 0.4) is 0 Å². The average molecular weight is 250 g/mol. The summed E-state index contributed by atoms with van der Waals surface area (Å²) in [5.41, 5.74) is 0. The molecular formula is C5HF2NaS4. The molecule has 1 atom stereocenters. The molecule has 2 heterocycles. The van der Waals surface area contributed by atoms with Gasteiger partial charge in [-0.1, -0.05) is 25.8 Å². The van der Waals surface area contributed by atoms with Crippen molar-refractivity contribution in [2.45, 2.75) is 0 Å². The van der Waals surface area contributed by atoms with Crippen LogP contribution >= 0.6 is 30.1 Å². The fourth-order valence-electron chi connectivity index (χ4n) is 0.705. The van der Waals surface area contributed by atoms with E-state index >= 15 is 0 Å². The summed E-state index contributed by atoms with van der Waals surface area (Å²) in [4.78, 5) is 0.171. The summed E-state index contributed by atoms with van der Waals surface area (Å²) in [6.07, 6.45) is 0. The van der Waals surface area contributed by atoms with E-state index < -0.39 is 20.2 Å². The first-order chi connectivity index (χ1) is 5.20. The third-order valence-electron chi connectivity index (χ3n) is 1.15. The number of allylic oxidation sites excluding steroid dienone is 2. The molecule has 2 aliphatic rings. The normalized spacial score (nSPS) is 27.0. The van der Waals surface area contributed by atoms with Gasteiger partial charge in [0, 0.05) is 5.41 Å². The minimum absolute atomic E-state index is 0. The number of halogens is 2. The minimum Gasteiger partial charge on any atom is -0.769 e. The zero-order valence-corrected chi connectivity index (χ0v) is 11.2. The van der Waals surface area contributed by atoms with Crippen molar-refractivity contribution in [3.8, 4) is 0 Å². The molecule has 0 amide bonds. The van der Waals surface area contributed by atoms with Gasteiger partial charge in [0.15, 0.2) is 0 Å². The van der Waals surface area contributed by atoms with E-state index in [9.17, 15) is 8.78 Å². The first kappa shape index (κ1) is 11.6. The van der Waals surface area contributed by atoms with Crippen molar-refractivity contribution < 1.29 is 38.3 Å². The Morgan fingerprint density at radius 1 is 1.42 bits per heavy atom. The van der Waals surface area contributed by atoms with Gasteiger partial charge >= 0.3 is 29.6 Å². The molecule has 60 valence electrons. The molecule has 0 nitrogen and oxygen atoms in total. The van der Waals surface area contributed by atoms with Crippen LogP contribution in [0, 0.1) is 0 Å². The molecule has 0 N–H and O–H groups in total. The fraction of sp³-hybridized carbons (Fsp3) is 0. The molecule has 0 bridgehead atoms. The van der Waals surface area contributed by atoms with E-state index in [2.05, 4.69) is 12.6 Å². The molecule has 0 aliphatic carbocycles. The van der Waals surface area contributed by atoms with Crippen LogP contribution in [0.1, 0.15) is 0 Å². The van der Waals surface area contributed by atoms with Crippen molar-refractivity contribution in [3.63, 3.8) is 0 Å². The van der Waals surface area contributed by atoms with Crippen molar-refractivity contribution in [1.82, 2.24) is 0 Å². The zero-order chi connectivity index (χ0) is 8.01. The molecule has 0 spiro atoms. The second-order valence-corrected chi connectivity index (χ2v) is 8.07. The molecule has 0 saturated carbocycles. The van der Waals surface area contributed by atoms with Crippen molar-refractivity contribution in [2.24, 2.45) is 0 Å². The van der Waals surface area contributed by atoms with Gasteiger partial charge in [0.1, 0.15) is 11.7 Å². The monoisotopic (exact) mass is 250 g/mol. The molecule has 2 aliphatic heterocycles. The summed E-state index contributed by atoms with van der Waals surface area (Å²) in [7, 11) is 2.10. The van der Waals surface area contributed by atoms with Gasteiger partial charge in [-0.25, -0.2) is 8.78 Å². The third kappa shape index (κ3) is 1.80. The molecular weight excluding hydrogens is 249 g/mol. The summed E-state index contributed by atoms with van der Waals surface area (Å²) in [5, 5.41) is 1.34. The van der Waals surface area contributed by atoms with Gasteiger partial charge in [0.05, 0.1) is 4.86 Å². The average Bonchev–Trinajstić information content (AvgIpc) is 2.41. The number of hydrogen-bond acceptors (Lipinski definition) is 3. The van der Waals surface area contributed by atoms with Crippen LogP contribution in [0.5, 0.6) is 0 Å². The van der Waals surface area contributed by atoms with Crippen molar-refractivity contribution in [2.75, 3.05) is 0 Å². The fourth-order valence-corrected chi connectivity index (χ4v) is 7.34. The van der Waals surface area contributed by atoms with Crippen LogP contribution in [0.15, 0.2) is 21.3 Å². The topological polar surface area (TPSA) is 0 Å². The summed E-state index contributed by atoms with van der Waals surface area (Å²) < 4.78 is 25.9. The first-order valence-corrected chi connectivity index (χ1v) is 6.96. The van der Waals surface area contributed by atoms with E-state index in [1.165, 1.54) is 27.0 Å². The van der Waals surface area contributed by atoms with Gasteiger partial charge in [-0.3, -0.25) is 0 Å². The first-order valence-electron chi connectivity index (χ1n) is 2.60. The van der Waals surface area contributed by atoms with Crippen LogP contribution in [0.2, 0.25) is 0 Å². The van der Waals surface area contributed by atoms with Gasteiger partial charge < -0.3 is 12.6 Å². The Morgan fingerprint density at radius 2 is 2.08 bits per heavy atom. The maximum atomic E-state index is 13.0. The second-order valence-electron chi connectivity index (χ2n) is 1.81. The van der Waals surface area contributed by atoms with E-state index in [1.807, 2.05) is 0 Å². The Bertz CT molecular complexity index is 319. The molecule has 0 radical (unpaired) electrons. The van der Waals surface area contributed by atoms with Crippen LogP contribution in [-0.2, 0) is 12.6 Å². The van der Waals surface area contributed by atoms with E-state index in [0.29, 0.717) is 0 Å². The molecule has 0 aromatic heterocycles.